The fourth-order valence-electron chi connectivity index (χ4n) is 3.17. The molecule has 7 heteroatoms. The van der Waals surface area contributed by atoms with Gasteiger partial charge in [0.15, 0.2) is 0 Å². The Morgan fingerprint density at radius 1 is 1.21 bits per heavy atom. The first-order valence-electron chi connectivity index (χ1n) is 7.67. The number of H-pyrrole nitrogens is 1. The second-order valence-electron chi connectivity index (χ2n) is 5.81. The van der Waals surface area contributed by atoms with Gasteiger partial charge in [0.1, 0.15) is 11.6 Å². The molecular formula is C17H17N5O2. The highest BCUT2D eigenvalue weighted by atomic mass is 16.5. The highest BCUT2D eigenvalue weighted by molar-refractivity contribution is 5.94. The summed E-state index contributed by atoms with van der Waals surface area (Å²) in [6.07, 6.45) is 3.98. The number of fused-ring (bicyclic) bond motifs is 1. The van der Waals surface area contributed by atoms with E-state index in [4.69, 9.17) is 4.74 Å². The van der Waals surface area contributed by atoms with Crippen LogP contribution in [0.1, 0.15) is 23.5 Å². The molecule has 1 aliphatic heterocycles. The molecule has 24 heavy (non-hydrogen) atoms. The molecule has 1 amide bonds. The lowest BCUT2D eigenvalue weighted by Gasteiger charge is -2.23. The number of nitrogens with one attached hydrogen (secondary N) is 2. The van der Waals surface area contributed by atoms with E-state index in [1.807, 2.05) is 37.5 Å². The van der Waals surface area contributed by atoms with Gasteiger partial charge in [0.2, 0.25) is 5.91 Å². The maximum atomic E-state index is 12.1. The maximum absolute atomic E-state index is 12.1. The Balaban J connectivity index is 1.78. The van der Waals surface area contributed by atoms with Crippen LogP contribution in [0.5, 0.6) is 5.75 Å². The maximum Gasteiger partial charge on any atom is 0.226 e. The number of ether oxygens (including phenoxy) is 1. The van der Waals surface area contributed by atoms with Crippen LogP contribution >= 0.6 is 0 Å². The molecule has 3 aromatic rings. The predicted molar refractivity (Wildman–Crippen MR) is 88.9 cm³/mol. The first kappa shape index (κ1) is 14.5. The number of anilines is 1. The zero-order chi connectivity index (χ0) is 16.7. The molecule has 3 heterocycles. The van der Waals surface area contributed by atoms with Gasteiger partial charge in [-0.3, -0.25) is 14.6 Å². The molecule has 0 bridgehead atoms. The second kappa shape index (κ2) is 5.52. The second-order valence-corrected chi connectivity index (χ2v) is 5.81. The summed E-state index contributed by atoms with van der Waals surface area (Å²) in [7, 11) is 3.46. The lowest BCUT2D eigenvalue weighted by molar-refractivity contribution is -0.116. The zero-order valence-electron chi connectivity index (χ0n) is 13.4. The summed E-state index contributed by atoms with van der Waals surface area (Å²) in [6.45, 7) is 0. The van der Waals surface area contributed by atoms with Crippen LogP contribution in [-0.4, -0.2) is 33.0 Å². The van der Waals surface area contributed by atoms with E-state index in [1.165, 1.54) is 0 Å². The van der Waals surface area contributed by atoms with Crippen LogP contribution in [0.3, 0.4) is 0 Å². The van der Waals surface area contributed by atoms with Crippen LogP contribution < -0.4 is 10.1 Å². The minimum atomic E-state index is -0.0710. The number of aromatic nitrogens is 4. The molecule has 0 saturated heterocycles. The van der Waals surface area contributed by atoms with Crippen molar-refractivity contribution < 1.29 is 9.53 Å². The Kier molecular flexibility index (Phi) is 3.34. The Morgan fingerprint density at radius 2 is 2.00 bits per heavy atom. The zero-order valence-corrected chi connectivity index (χ0v) is 13.4. The average Bonchev–Trinajstić information content (AvgIpc) is 3.22. The summed E-state index contributed by atoms with van der Waals surface area (Å²) >= 11 is 0. The van der Waals surface area contributed by atoms with Gasteiger partial charge in [0.25, 0.3) is 0 Å². The van der Waals surface area contributed by atoms with Gasteiger partial charge in [-0.05, 0) is 24.3 Å². The van der Waals surface area contributed by atoms with Gasteiger partial charge in [-0.1, -0.05) is 0 Å². The number of hydrogen-bond acceptors (Lipinski definition) is 4. The van der Waals surface area contributed by atoms with Crippen molar-refractivity contribution >= 4 is 11.7 Å². The molecule has 122 valence electrons. The van der Waals surface area contributed by atoms with E-state index in [1.54, 1.807) is 18.0 Å². The molecule has 0 saturated carbocycles. The molecule has 0 fully saturated rings. The van der Waals surface area contributed by atoms with Crippen LogP contribution in [0.2, 0.25) is 0 Å². The van der Waals surface area contributed by atoms with Gasteiger partial charge in [-0.25, -0.2) is 0 Å². The van der Waals surface area contributed by atoms with E-state index in [-0.39, 0.29) is 11.8 Å². The predicted octanol–water partition coefficient (Wildman–Crippen LogP) is 2.29. The van der Waals surface area contributed by atoms with Crippen molar-refractivity contribution in [3.8, 4) is 17.0 Å². The van der Waals surface area contributed by atoms with Crippen molar-refractivity contribution in [3.05, 3.63) is 47.8 Å². The highest BCUT2D eigenvalue weighted by Gasteiger charge is 2.31. The fraction of sp³-hybridized carbons (Fsp3) is 0.235. The first-order chi connectivity index (χ1) is 11.7. The van der Waals surface area contributed by atoms with Gasteiger partial charge >= 0.3 is 0 Å². The minimum absolute atomic E-state index is 0.0158. The van der Waals surface area contributed by atoms with Crippen LogP contribution in [0, 0.1) is 0 Å². The molecule has 4 rings (SSSR count). The fourth-order valence-corrected chi connectivity index (χ4v) is 3.17. The molecule has 2 aromatic heterocycles. The number of rotatable bonds is 3. The number of carbonyl (C=O) groups excluding carboxylic acids is 1. The van der Waals surface area contributed by atoms with E-state index < -0.39 is 0 Å². The van der Waals surface area contributed by atoms with E-state index in [0.29, 0.717) is 6.42 Å². The number of methoxy groups -OCH3 is 1. The number of aryl methyl sites for hydroxylation is 1. The molecule has 0 spiro atoms. The van der Waals surface area contributed by atoms with Crippen LogP contribution in [0.15, 0.2) is 36.7 Å². The van der Waals surface area contributed by atoms with Crippen LogP contribution in [-0.2, 0) is 11.8 Å². The summed E-state index contributed by atoms with van der Waals surface area (Å²) in [4.78, 5) is 12.1. The molecule has 0 unspecified atom stereocenters. The normalized spacial score (nSPS) is 16.6. The topological polar surface area (TPSA) is 84.8 Å². The largest absolute Gasteiger partial charge is 0.497 e. The van der Waals surface area contributed by atoms with Crippen molar-refractivity contribution in [2.24, 2.45) is 7.05 Å². The third-order valence-corrected chi connectivity index (χ3v) is 4.41. The molecule has 1 aliphatic rings. The smallest absolute Gasteiger partial charge is 0.226 e. The van der Waals surface area contributed by atoms with Gasteiger partial charge in [-0.15, -0.1) is 0 Å². The Hall–Kier alpha value is -3.09. The highest BCUT2D eigenvalue weighted by Crippen LogP contribution is 2.40. The van der Waals surface area contributed by atoms with Gasteiger partial charge in [-0.2, -0.15) is 10.2 Å². The molecule has 7 nitrogen and oxygen atoms in total. The van der Waals surface area contributed by atoms with E-state index in [2.05, 4.69) is 20.6 Å². The van der Waals surface area contributed by atoms with Crippen molar-refractivity contribution in [3.63, 3.8) is 0 Å². The standard InChI is InChI=1S/C17H17N5O2/c1-22-17-14(9-19-22)12(7-15(23)20-17)13-8-18-21-16(13)10-3-5-11(24-2)6-4-10/h3-6,8-9,12H,7H2,1-2H3,(H,18,21)(H,20,23)/t12-/m0/s1. The summed E-state index contributed by atoms with van der Waals surface area (Å²) in [5.74, 6) is 1.46. The van der Waals surface area contributed by atoms with E-state index >= 15 is 0 Å². The number of carbonyl (C=O) groups is 1. The number of benzene rings is 1. The number of aromatic amines is 1. The molecular weight excluding hydrogens is 306 g/mol. The molecule has 1 atom stereocenters. The van der Waals surface area contributed by atoms with E-state index in [0.717, 1.165) is 34.0 Å². The minimum Gasteiger partial charge on any atom is -0.497 e. The summed E-state index contributed by atoms with van der Waals surface area (Å²) in [6, 6.07) is 7.76. The summed E-state index contributed by atoms with van der Waals surface area (Å²) in [5.41, 5.74) is 3.91. The van der Waals surface area contributed by atoms with Crippen LogP contribution in [0.4, 0.5) is 5.82 Å². The van der Waals surface area contributed by atoms with Gasteiger partial charge in [0.05, 0.1) is 25.2 Å². The molecule has 0 radical (unpaired) electrons. The van der Waals surface area contributed by atoms with Crippen molar-refractivity contribution in [1.29, 1.82) is 0 Å². The molecule has 2 N–H and O–H groups in total. The molecule has 0 aliphatic carbocycles. The first-order valence-corrected chi connectivity index (χ1v) is 7.67. The Bertz CT molecular complexity index is 894. The monoisotopic (exact) mass is 323 g/mol. The van der Waals surface area contributed by atoms with Crippen LogP contribution in [0.25, 0.3) is 11.3 Å². The SMILES string of the molecule is COc1ccc(-c2[nH]ncc2[C@@H]2CC(=O)Nc3c2cnn3C)cc1. The lowest BCUT2D eigenvalue weighted by Crippen LogP contribution is -2.24. The number of nitrogens with zero attached hydrogens (tertiary/aromatic N) is 3. The Labute approximate surface area is 138 Å². The average molecular weight is 323 g/mol. The third-order valence-electron chi connectivity index (χ3n) is 4.41. The number of hydrogen-bond donors (Lipinski definition) is 2. The third kappa shape index (κ3) is 2.25. The lowest BCUT2D eigenvalue weighted by atomic mass is 9.86. The summed E-state index contributed by atoms with van der Waals surface area (Å²) < 4.78 is 6.89. The van der Waals surface area contributed by atoms with E-state index in [9.17, 15) is 4.79 Å². The quantitative estimate of drug-likeness (QED) is 0.774. The van der Waals surface area contributed by atoms with Crippen molar-refractivity contribution in [2.45, 2.75) is 12.3 Å². The molecule has 1 aromatic carbocycles. The Morgan fingerprint density at radius 3 is 2.75 bits per heavy atom. The van der Waals surface area contributed by atoms with Gasteiger partial charge in [0, 0.05) is 36.1 Å². The van der Waals surface area contributed by atoms with Gasteiger partial charge < -0.3 is 10.1 Å². The number of amides is 1. The van der Waals surface area contributed by atoms with Crippen molar-refractivity contribution in [1.82, 2.24) is 20.0 Å². The van der Waals surface area contributed by atoms with Crippen molar-refractivity contribution in [2.75, 3.05) is 12.4 Å². The summed E-state index contributed by atoms with van der Waals surface area (Å²) in [5, 5.41) is 14.4.